The molecule has 4 rings (SSSR count). The van der Waals surface area contributed by atoms with Gasteiger partial charge in [-0.05, 0) is 68.7 Å². The van der Waals surface area contributed by atoms with E-state index >= 15 is 0 Å². The van der Waals surface area contributed by atoms with Crippen molar-refractivity contribution in [3.05, 3.63) is 88.4 Å². The van der Waals surface area contributed by atoms with Crippen LogP contribution in [0.5, 0.6) is 0 Å². The fourth-order valence-corrected chi connectivity index (χ4v) is 5.61. The molecule has 0 spiro atoms. The number of para-hydroxylation sites is 1. The molecule has 1 aliphatic heterocycles. The third-order valence-electron chi connectivity index (χ3n) is 5.81. The Balaban J connectivity index is 1.75. The summed E-state index contributed by atoms with van der Waals surface area (Å²) in [5.74, 6) is -0.283. The van der Waals surface area contributed by atoms with Crippen LogP contribution in [0, 0.1) is 13.8 Å². The van der Waals surface area contributed by atoms with Crippen molar-refractivity contribution in [3.63, 3.8) is 0 Å². The minimum atomic E-state index is -3.99. The van der Waals surface area contributed by atoms with Gasteiger partial charge in [0.2, 0.25) is 5.91 Å². The van der Waals surface area contributed by atoms with Gasteiger partial charge in [-0.25, -0.2) is 8.42 Å². The molecule has 0 N–H and O–H groups in total. The van der Waals surface area contributed by atoms with Crippen LogP contribution in [0.1, 0.15) is 23.6 Å². The highest BCUT2D eigenvalue weighted by Gasteiger charge is 2.34. The SMILES string of the molecule is Cc1ccc(S(=O)(=O)N(CC(=O)N2c3ccccc3CC2C)c2ccc(C)c(Cl)c2)cc1. The monoisotopic (exact) mass is 468 g/mol. The standard InChI is InChI=1S/C25H25ClN2O3S/c1-17-8-12-22(13-9-17)32(30,31)27(21-11-10-18(2)23(26)15-21)16-25(29)28-19(3)14-20-6-4-5-7-24(20)28/h4-13,15,19H,14,16H2,1-3H3. The molecule has 1 aliphatic rings. The number of aryl methyl sites for hydroxylation is 2. The highest BCUT2D eigenvalue weighted by molar-refractivity contribution is 7.92. The van der Waals surface area contributed by atoms with E-state index < -0.39 is 10.0 Å². The van der Waals surface area contributed by atoms with E-state index in [1.54, 1.807) is 47.4 Å². The average Bonchev–Trinajstić information content (AvgIpc) is 3.10. The number of fused-ring (bicyclic) bond motifs is 1. The number of rotatable bonds is 5. The smallest absolute Gasteiger partial charge is 0.264 e. The number of sulfonamides is 1. The van der Waals surface area contributed by atoms with Gasteiger partial charge in [-0.3, -0.25) is 9.10 Å². The number of benzene rings is 3. The maximum Gasteiger partial charge on any atom is 0.264 e. The number of amides is 1. The van der Waals surface area contributed by atoms with Crippen LogP contribution in [0.3, 0.4) is 0 Å². The Bertz CT molecular complexity index is 1270. The van der Waals surface area contributed by atoms with Gasteiger partial charge in [-0.2, -0.15) is 0 Å². The quantitative estimate of drug-likeness (QED) is 0.521. The molecule has 3 aromatic rings. The zero-order valence-corrected chi connectivity index (χ0v) is 19.8. The zero-order valence-electron chi connectivity index (χ0n) is 18.2. The predicted octanol–water partition coefficient (Wildman–Crippen LogP) is 5.13. The van der Waals surface area contributed by atoms with Crippen molar-refractivity contribution in [2.24, 2.45) is 0 Å². The molecule has 0 saturated heterocycles. The molecule has 0 saturated carbocycles. The topological polar surface area (TPSA) is 57.7 Å². The van der Waals surface area contributed by atoms with Crippen LogP contribution in [0.15, 0.2) is 71.6 Å². The Morgan fingerprint density at radius 2 is 1.75 bits per heavy atom. The van der Waals surface area contributed by atoms with E-state index in [9.17, 15) is 13.2 Å². The third kappa shape index (κ3) is 4.12. The van der Waals surface area contributed by atoms with E-state index in [1.807, 2.05) is 45.0 Å². The van der Waals surface area contributed by atoms with E-state index in [-0.39, 0.29) is 23.4 Å². The number of carbonyl (C=O) groups excluding carboxylic acids is 1. The molecule has 0 radical (unpaired) electrons. The Kier molecular flexibility index (Phi) is 6.01. The lowest BCUT2D eigenvalue weighted by Crippen LogP contribution is -2.45. The fourth-order valence-electron chi connectivity index (χ4n) is 4.03. The second-order valence-electron chi connectivity index (χ2n) is 8.20. The zero-order chi connectivity index (χ0) is 23.0. The number of anilines is 2. The summed E-state index contributed by atoms with van der Waals surface area (Å²) in [6.45, 7) is 5.39. The molecule has 166 valence electrons. The molecule has 0 aliphatic carbocycles. The van der Waals surface area contributed by atoms with Crippen molar-refractivity contribution in [2.45, 2.75) is 38.1 Å². The number of carbonyl (C=O) groups is 1. The summed E-state index contributed by atoms with van der Waals surface area (Å²) in [5.41, 5.74) is 4.05. The van der Waals surface area contributed by atoms with Crippen molar-refractivity contribution in [3.8, 4) is 0 Å². The van der Waals surface area contributed by atoms with Crippen LogP contribution in [0.2, 0.25) is 5.02 Å². The minimum absolute atomic E-state index is 0.0505. The molecule has 7 heteroatoms. The largest absolute Gasteiger partial charge is 0.307 e. The first-order valence-electron chi connectivity index (χ1n) is 10.4. The van der Waals surface area contributed by atoms with E-state index in [4.69, 9.17) is 11.6 Å². The molecule has 1 heterocycles. The molecule has 0 bridgehead atoms. The van der Waals surface area contributed by atoms with Gasteiger partial charge < -0.3 is 4.90 Å². The highest BCUT2D eigenvalue weighted by atomic mass is 35.5. The Hall–Kier alpha value is -2.83. The number of nitrogens with zero attached hydrogens (tertiary/aromatic N) is 2. The van der Waals surface area contributed by atoms with Gasteiger partial charge in [-0.15, -0.1) is 0 Å². The van der Waals surface area contributed by atoms with Crippen molar-refractivity contribution in [1.82, 2.24) is 0 Å². The Morgan fingerprint density at radius 1 is 1.06 bits per heavy atom. The third-order valence-corrected chi connectivity index (χ3v) is 8.00. The second kappa shape index (κ2) is 8.60. The van der Waals surface area contributed by atoms with E-state index in [1.165, 1.54) is 0 Å². The number of halogens is 1. The molecule has 1 atom stereocenters. The van der Waals surface area contributed by atoms with Gasteiger partial charge in [0.15, 0.2) is 0 Å². The van der Waals surface area contributed by atoms with Crippen LogP contribution in [-0.2, 0) is 21.2 Å². The van der Waals surface area contributed by atoms with Gasteiger partial charge in [0.05, 0.1) is 10.6 Å². The first-order valence-corrected chi connectivity index (χ1v) is 12.3. The van der Waals surface area contributed by atoms with Gasteiger partial charge in [0.25, 0.3) is 10.0 Å². The fraction of sp³-hybridized carbons (Fsp3) is 0.240. The molecule has 0 fully saturated rings. The van der Waals surface area contributed by atoms with E-state index in [0.717, 1.165) is 33.1 Å². The summed E-state index contributed by atoms with van der Waals surface area (Å²) in [6, 6.07) is 19.3. The molecular weight excluding hydrogens is 444 g/mol. The molecule has 5 nitrogen and oxygen atoms in total. The summed E-state index contributed by atoms with van der Waals surface area (Å²) in [4.78, 5) is 15.3. The van der Waals surface area contributed by atoms with Crippen molar-refractivity contribution in [1.29, 1.82) is 0 Å². The van der Waals surface area contributed by atoms with Crippen LogP contribution >= 0.6 is 11.6 Å². The normalized spacial score (nSPS) is 15.5. The maximum absolute atomic E-state index is 13.6. The Morgan fingerprint density at radius 3 is 2.44 bits per heavy atom. The molecule has 1 unspecified atom stereocenters. The van der Waals surface area contributed by atoms with Crippen LogP contribution in [0.25, 0.3) is 0 Å². The Labute approximate surface area is 194 Å². The lowest BCUT2D eigenvalue weighted by atomic mass is 10.1. The predicted molar refractivity (Wildman–Crippen MR) is 129 cm³/mol. The van der Waals surface area contributed by atoms with Gasteiger partial charge in [0, 0.05) is 16.8 Å². The maximum atomic E-state index is 13.6. The molecule has 32 heavy (non-hydrogen) atoms. The lowest BCUT2D eigenvalue weighted by Gasteiger charge is -2.29. The van der Waals surface area contributed by atoms with E-state index in [0.29, 0.717) is 10.7 Å². The van der Waals surface area contributed by atoms with Crippen molar-refractivity contribution < 1.29 is 13.2 Å². The second-order valence-corrected chi connectivity index (χ2v) is 10.5. The van der Waals surface area contributed by atoms with Crippen molar-refractivity contribution >= 4 is 38.9 Å². The number of hydrogen-bond donors (Lipinski definition) is 0. The summed E-state index contributed by atoms with van der Waals surface area (Å²) >= 11 is 6.31. The minimum Gasteiger partial charge on any atom is -0.307 e. The summed E-state index contributed by atoms with van der Waals surface area (Å²) < 4.78 is 28.4. The summed E-state index contributed by atoms with van der Waals surface area (Å²) in [7, 11) is -3.99. The number of hydrogen-bond acceptors (Lipinski definition) is 3. The van der Waals surface area contributed by atoms with Gasteiger partial charge in [-0.1, -0.05) is 53.6 Å². The van der Waals surface area contributed by atoms with Crippen molar-refractivity contribution in [2.75, 3.05) is 15.7 Å². The average molecular weight is 469 g/mol. The van der Waals surface area contributed by atoms with E-state index in [2.05, 4.69) is 0 Å². The van der Waals surface area contributed by atoms with Crippen LogP contribution in [-0.4, -0.2) is 26.9 Å². The summed E-state index contributed by atoms with van der Waals surface area (Å²) in [6.07, 6.45) is 0.739. The van der Waals surface area contributed by atoms with Gasteiger partial charge in [0.1, 0.15) is 6.54 Å². The molecule has 0 aromatic heterocycles. The van der Waals surface area contributed by atoms with Crippen LogP contribution < -0.4 is 9.21 Å². The lowest BCUT2D eigenvalue weighted by molar-refractivity contribution is -0.117. The van der Waals surface area contributed by atoms with Crippen LogP contribution in [0.4, 0.5) is 11.4 Å². The molecule has 3 aromatic carbocycles. The van der Waals surface area contributed by atoms with Gasteiger partial charge >= 0.3 is 0 Å². The first kappa shape index (κ1) is 22.4. The first-order chi connectivity index (χ1) is 15.2. The summed E-state index contributed by atoms with van der Waals surface area (Å²) in [5, 5.41) is 0.443. The molecular formula is C25H25ClN2O3S. The highest BCUT2D eigenvalue weighted by Crippen LogP contribution is 2.33. The molecule has 1 amide bonds.